The van der Waals surface area contributed by atoms with Crippen LogP contribution in [0.2, 0.25) is 0 Å². The Morgan fingerprint density at radius 1 is 1.36 bits per heavy atom. The van der Waals surface area contributed by atoms with Crippen LogP contribution in [0.4, 0.5) is 4.39 Å². The SMILES string of the molecule is O=Cc1ccc(-c2ccncc2F)o1. The van der Waals surface area contributed by atoms with Crippen LogP contribution in [0.3, 0.4) is 0 Å². The Labute approximate surface area is 79.2 Å². The zero-order valence-electron chi connectivity index (χ0n) is 7.11. The summed E-state index contributed by atoms with van der Waals surface area (Å²) in [4.78, 5) is 13.9. The molecule has 0 aliphatic heterocycles. The van der Waals surface area contributed by atoms with Crippen LogP contribution in [0.15, 0.2) is 35.0 Å². The summed E-state index contributed by atoms with van der Waals surface area (Å²) in [7, 11) is 0. The predicted molar refractivity (Wildman–Crippen MR) is 47.3 cm³/mol. The fourth-order valence-electron chi connectivity index (χ4n) is 1.14. The summed E-state index contributed by atoms with van der Waals surface area (Å²) in [6.07, 6.45) is 3.13. The van der Waals surface area contributed by atoms with Crippen molar-refractivity contribution >= 4 is 6.29 Å². The molecule has 0 aromatic carbocycles. The van der Waals surface area contributed by atoms with Gasteiger partial charge in [0, 0.05) is 6.20 Å². The van der Waals surface area contributed by atoms with Gasteiger partial charge in [-0.15, -0.1) is 0 Å². The van der Waals surface area contributed by atoms with Crippen LogP contribution in [0.25, 0.3) is 11.3 Å². The van der Waals surface area contributed by atoms with E-state index in [-0.39, 0.29) is 5.76 Å². The first-order valence-corrected chi connectivity index (χ1v) is 3.96. The van der Waals surface area contributed by atoms with Gasteiger partial charge in [0.1, 0.15) is 5.76 Å². The van der Waals surface area contributed by atoms with E-state index in [0.29, 0.717) is 17.6 Å². The zero-order valence-corrected chi connectivity index (χ0v) is 7.11. The minimum absolute atomic E-state index is 0.177. The zero-order chi connectivity index (χ0) is 9.97. The Kier molecular flexibility index (Phi) is 2.10. The number of carbonyl (C=O) groups is 1. The second-order valence-electron chi connectivity index (χ2n) is 2.68. The minimum Gasteiger partial charge on any atom is -0.453 e. The Balaban J connectivity index is 2.49. The molecular weight excluding hydrogens is 185 g/mol. The van der Waals surface area contributed by atoms with Gasteiger partial charge >= 0.3 is 0 Å². The molecule has 0 fully saturated rings. The van der Waals surface area contributed by atoms with E-state index in [9.17, 15) is 9.18 Å². The second-order valence-corrected chi connectivity index (χ2v) is 2.68. The lowest BCUT2D eigenvalue weighted by atomic mass is 10.2. The van der Waals surface area contributed by atoms with Crippen molar-refractivity contribution in [2.75, 3.05) is 0 Å². The lowest BCUT2D eigenvalue weighted by Crippen LogP contribution is -1.82. The van der Waals surface area contributed by atoms with Gasteiger partial charge in [0.25, 0.3) is 0 Å². The third-order valence-electron chi connectivity index (χ3n) is 1.78. The molecule has 2 heterocycles. The molecule has 4 heteroatoms. The van der Waals surface area contributed by atoms with E-state index in [1.807, 2.05) is 0 Å². The molecule has 0 saturated heterocycles. The quantitative estimate of drug-likeness (QED) is 0.684. The molecule has 0 bridgehead atoms. The van der Waals surface area contributed by atoms with Gasteiger partial charge in [0.05, 0.1) is 11.8 Å². The first-order valence-electron chi connectivity index (χ1n) is 3.96. The molecular formula is C10H6FNO2. The average Bonchev–Trinajstić information content (AvgIpc) is 2.67. The summed E-state index contributed by atoms with van der Waals surface area (Å²) in [5, 5.41) is 0. The number of halogens is 1. The first-order chi connectivity index (χ1) is 6.81. The molecule has 0 spiro atoms. The van der Waals surface area contributed by atoms with Crippen LogP contribution in [0.1, 0.15) is 10.6 Å². The molecule has 0 aliphatic rings. The Morgan fingerprint density at radius 3 is 2.86 bits per heavy atom. The number of aromatic nitrogens is 1. The van der Waals surface area contributed by atoms with E-state index in [2.05, 4.69) is 4.98 Å². The molecule has 0 atom stereocenters. The molecule has 70 valence electrons. The van der Waals surface area contributed by atoms with E-state index < -0.39 is 5.82 Å². The summed E-state index contributed by atoms with van der Waals surface area (Å²) in [6.45, 7) is 0. The van der Waals surface area contributed by atoms with Crippen LogP contribution < -0.4 is 0 Å². The van der Waals surface area contributed by atoms with E-state index in [0.717, 1.165) is 6.20 Å². The Hall–Kier alpha value is -1.97. The van der Waals surface area contributed by atoms with Gasteiger partial charge in [-0.05, 0) is 18.2 Å². The number of aldehydes is 1. The highest BCUT2D eigenvalue weighted by atomic mass is 19.1. The molecule has 3 nitrogen and oxygen atoms in total. The number of rotatable bonds is 2. The fraction of sp³-hybridized carbons (Fsp3) is 0. The first kappa shape index (κ1) is 8.62. The van der Waals surface area contributed by atoms with Crippen LogP contribution >= 0.6 is 0 Å². The third-order valence-corrected chi connectivity index (χ3v) is 1.78. The number of carbonyl (C=O) groups excluding carboxylic acids is 1. The highest BCUT2D eigenvalue weighted by molar-refractivity contribution is 5.72. The number of hydrogen-bond donors (Lipinski definition) is 0. The number of nitrogens with zero attached hydrogens (tertiary/aromatic N) is 1. The van der Waals surface area contributed by atoms with Gasteiger partial charge in [-0.1, -0.05) is 0 Å². The lowest BCUT2D eigenvalue weighted by molar-refractivity contribution is 0.110. The largest absolute Gasteiger partial charge is 0.453 e. The summed E-state index contributed by atoms with van der Waals surface area (Å²) >= 11 is 0. The monoisotopic (exact) mass is 191 g/mol. The smallest absolute Gasteiger partial charge is 0.185 e. The maximum Gasteiger partial charge on any atom is 0.185 e. The molecule has 0 saturated carbocycles. The van der Waals surface area contributed by atoms with Crippen molar-refractivity contribution < 1.29 is 13.6 Å². The van der Waals surface area contributed by atoms with Crippen molar-refractivity contribution in [2.24, 2.45) is 0 Å². The van der Waals surface area contributed by atoms with Gasteiger partial charge in [0.15, 0.2) is 17.9 Å². The molecule has 0 N–H and O–H groups in total. The second kappa shape index (κ2) is 3.41. The standard InChI is InChI=1S/C10H6FNO2/c11-9-5-12-4-3-8(9)10-2-1-7(6-13)14-10/h1-6H. The fourth-order valence-corrected chi connectivity index (χ4v) is 1.14. The van der Waals surface area contributed by atoms with Gasteiger partial charge in [0.2, 0.25) is 0 Å². The molecule has 14 heavy (non-hydrogen) atoms. The van der Waals surface area contributed by atoms with E-state index >= 15 is 0 Å². The van der Waals surface area contributed by atoms with E-state index in [1.54, 1.807) is 6.07 Å². The van der Waals surface area contributed by atoms with Gasteiger partial charge in [-0.25, -0.2) is 4.39 Å². The predicted octanol–water partition coefficient (Wildman–Crippen LogP) is 2.29. The summed E-state index contributed by atoms with van der Waals surface area (Å²) < 4.78 is 18.2. The number of hydrogen-bond acceptors (Lipinski definition) is 3. The van der Waals surface area contributed by atoms with Gasteiger partial charge < -0.3 is 4.42 Å². The molecule has 2 aromatic rings. The maximum absolute atomic E-state index is 13.2. The van der Waals surface area contributed by atoms with Crippen LogP contribution in [-0.4, -0.2) is 11.3 Å². The normalized spacial score (nSPS) is 10.1. The highest BCUT2D eigenvalue weighted by Crippen LogP contribution is 2.23. The highest BCUT2D eigenvalue weighted by Gasteiger charge is 2.08. The Bertz CT molecular complexity index is 465. The van der Waals surface area contributed by atoms with Crippen molar-refractivity contribution in [1.29, 1.82) is 0 Å². The van der Waals surface area contributed by atoms with Crippen molar-refractivity contribution in [2.45, 2.75) is 0 Å². The molecule has 2 aromatic heterocycles. The van der Waals surface area contributed by atoms with Crippen molar-refractivity contribution in [3.05, 3.63) is 42.2 Å². The van der Waals surface area contributed by atoms with Gasteiger partial charge in [-0.3, -0.25) is 9.78 Å². The van der Waals surface area contributed by atoms with E-state index in [4.69, 9.17) is 4.42 Å². The number of pyridine rings is 1. The molecule has 0 unspecified atom stereocenters. The third kappa shape index (κ3) is 1.42. The summed E-state index contributed by atoms with van der Waals surface area (Å²) in [5.41, 5.74) is 0.299. The minimum atomic E-state index is -0.473. The van der Waals surface area contributed by atoms with Crippen LogP contribution in [0, 0.1) is 5.82 Å². The van der Waals surface area contributed by atoms with E-state index in [1.165, 1.54) is 18.3 Å². The Morgan fingerprint density at radius 2 is 2.21 bits per heavy atom. The van der Waals surface area contributed by atoms with Crippen molar-refractivity contribution in [3.8, 4) is 11.3 Å². The lowest BCUT2D eigenvalue weighted by Gasteiger charge is -1.96. The van der Waals surface area contributed by atoms with Crippen molar-refractivity contribution in [1.82, 2.24) is 4.98 Å². The molecule has 0 aliphatic carbocycles. The average molecular weight is 191 g/mol. The number of furan rings is 1. The molecule has 0 amide bonds. The van der Waals surface area contributed by atoms with Crippen LogP contribution in [0.5, 0.6) is 0 Å². The molecule has 2 rings (SSSR count). The summed E-state index contributed by atoms with van der Waals surface area (Å²) in [6, 6.07) is 4.52. The van der Waals surface area contributed by atoms with Crippen LogP contribution in [-0.2, 0) is 0 Å². The summed E-state index contributed by atoms with van der Waals surface area (Å²) in [5.74, 6) is 0.0301. The molecule has 0 radical (unpaired) electrons. The van der Waals surface area contributed by atoms with Gasteiger partial charge in [-0.2, -0.15) is 0 Å². The topological polar surface area (TPSA) is 43.1 Å². The van der Waals surface area contributed by atoms with Crippen molar-refractivity contribution in [3.63, 3.8) is 0 Å². The maximum atomic E-state index is 13.2.